The molecule has 1 aromatic rings. The molecule has 0 saturated heterocycles. The predicted octanol–water partition coefficient (Wildman–Crippen LogP) is 4.64. The van der Waals surface area contributed by atoms with Crippen molar-refractivity contribution in [1.29, 1.82) is 0 Å². The Morgan fingerprint density at radius 3 is 2.50 bits per heavy atom. The molecule has 0 aliphatic carbocycles. The van der Waals surface area contributed by atoms with E-state index in [0.29, 0.717) is 6.04 Å². The van der Waals surface area contributed by atoms with Gasteiger partial charge in [-0.1, -0.05) is 26.8 Å². The molecule has 1 aromatic heterocycles. The standard InChI is InChI=1S/C17H31NOS/c1-5-13-18-16(12-11-15-10-9-14-20-15)17(6-2,7-3)19-8-4/h9-10,14,16,18H,5-8,11-13H2,1-4H3. The Morgan fingerprint density at radius 2 is 2.00 bits per heavy atom. The molecule has 0 aliphatic heterocycles. The van der Waals surface area contributed by atoms with Crippen molar-refractivity contribution in [2.24, 2.45) is 0 Å². The van der Waals surface area contributed by atoms with E-state index in [1.54, 1.807) is 0 Å². The van der Waals surface area contributed by atoms with Gasteiger partial charge < -0.3 is 10.1 Å². The van der Waals surface area contributed by atoms with Crippen LogP contribution >= 0.6 is 11.3 Å². The molecule has 0 aliphatic rings. The summed E-state index contributed by atoms with van der Waals surface area (Å²) >= 11 is 1.86. The van der Waals surface area contributed by atoms with E-state index in [4.69, 9.17) is 4.74 Å². The Balaban J connectivity index is 2.73. The molecule has 1 atom stereocenters. The van der Waals surface area contributed by atoms with Crippen LogP contribution in [0.3, 0.4) is 0 Å². The average Bonchev–Trinajstić information content (AvgIpc) is 2.99. The highest BCUT2D eigenvalue weighted by Crippen LogP contribution is 2.28. The second-order valence-electron chi connectivity index (χ2n) is 5.33. The molecule has 20 heavy (non-hydrogen) atoms. The average molecular weight is 298 g/mol. The lowest BCUT2D eigenvalue weighted by atomic mass is 9.85. The summed E-state index contributed by atoms with van der Waals surface area (Å²) < 4.78 is 6.20. The molecule has 1 heterocycles. The summed E-state index contributed by atoms with van der Waals surface area (Å²) in [6, 6.07) is 4.82. The third-order valence-electron chi connectivity index (χ3n) is 4.16. The predicted molar refractivity (Wildman–Crippen MR) is 89.7 cm³/mol. The van der Waals surface area contributed by atoms with Crippen molar-refractivity contribution in [2.45, 2.75) is 71.4 Å². The van der Waals surface area contributed by atoms with Gasteiger partial charge in [0.15, 0.2) is 0 Å². The van der Waals surface area contributed by atoms with Gasteiger partial charge in [0, 0.05) is 17.5 Å². The third-order valence-corrected chi connectivity index (χ3v) is 5.10. The zero-order valence-electron chi connectivity index (χ0n) is 13.6. The molecule has 1 N–H and O–H groups in total. The van der Waals surface area contributed by atoms with Crippen molar-refractivity contribution in [1.82, 2.24) is 5.32 Å². The molecule has 0 spiro atoms. The van der Waals surface area contributed by atoms with Crippen LogP contribution in [0.25, 0.3) is 0 Å². The van der Waals surface area contributed by atoms with Crippen LogP contribution in [-0.4, -0.2) is 24.8 Å². The topological polar surface area (TPSA) is 21.3 Å². The van der Waals surface area contributed by atoms with Gasteiger partial charge in [0.1, 0.15) is 0 Å². The van der Waals surface area contributed by atoms with Crippen LogP contribution in [0.1, 0.15) is 58.3 Å². The number of ether oxygens (including phenoxy) is 1. The van der Waals surface area contributed by atoms with Gasteiger partial charge in [0.2, 0.25) is 0 Å². The normalized spacial score (nSPS) is 13.6. The lowest BCUT2D eigenvalue weighted by Gasteiger charge is -2.40. The maximum Gasteiger partial charge on any atom is 0.0829 e. The van der Waals surface area contributed by atoms with Gasteiger partial charge in [-0.2, -0.15) is 0 Å². The molecular formula is C17H31NOS. The second kappa shape index (κ2) is 9.54. The van der Waals surface area contributed by atoms with Crippen molar-refractivity contribution in [3.8, 4) is 0 Å². The van der Waals surface area contributed by atoms with Crippen molar-refractivity contribution >= 4 is 11.3 Å². The van der Waals surface area contributed by atoms with Gasteiger partial charge in [0.25, 0.3) is 0 Å². The number of rotatable bonds is 11. The number of aryl methyl sites for hydroxylation is 1. The number of hydrogen-bond acceptors (Lipinski definition) is 3. The highest BCUT2D eigenvalue weighted by atomic mass is 32.1. The Hall–Kier alpha value is -0.380. The summed E-state index contributed by atoms with van der Waals surface area (Å²) in [5, 5.41) is 5.90. The van der Waals surface area contributed by atoms with E-state index in [-0.39, 0.29) is 5.60 Å². The number of hydrogen-bond donors (Lipinski definition) is 1. The summed E-state index contributed by atoms with van der Waals surface area (Å²) in [4.78, 5) is 1.48. The SMILES string of the molecule is CCCNC(CCc1cccs1)C(CC)(CC)OCC. The van der Waals surface area contributed by atoms with Crippen LogP contribution in [0.2, 0.25) is 0 Å². The monoisotopic (exact) mass is 297 g/mol. The molecule has 0 amide bonds. The maximum atomic E-state index is 6.20. The summed E-state index contributed by atoms with van der Waals surface area (Å²) in [5.41, 5.74) is -0.0127. The largest absolute Gasteiger partial charge is 0.374 e. The van der Waals surface area contributed by atoms with E-state index in [1.165, 1.54) is 11.3 Å². The quantitative estimate of drug-likeness (QED) is 0.642. The van der Waals surface area contributed by atoms with E-state index < -0.39 is 0 Å². The molecule has 1 unspecified atom stereocenters. The fraction of sp³-hybridized carbons (Fsp3) is 0.765. The number of thiophene rings is 1. The van der Waals surface area contributed by atoms with E-state index in [9.17, 15) is 0 Å². The minimum Gasteiger partial charge on any atom is -0.374 e. The Kier molecular flexibility index (Phi) is 8.43. The molecule has 3 heteroatoms. The van der Waals surface area contributed by atoms with Crippen molar-refractivity contribution in [3.05, 3.63) is 22.4 Å². The smallest absolute Gasteiger partial charge is 0.0829 e. The molecule has 0 fully saturated rings. The lowest BCUT2D eigenvalue weighted by Crippen LogP contribution is -2.52. The fourth-order valence-electron chi connectivity index (χ4n) is 2.95. The highest BCUT2D eigenvalue weighted by Gasteiger charge is 2.35. The van der Waals surface area contributed by atoms with Crippen LogP contribution in [0.15, 0.2) is 17.5 Å². The maximum absolute atomic E-state index is 6.20. The Bertz CT molecular complexity index is 333. The summed E-state index contributed by atoms with van der Waals surface area (Å²) in [6.45, 7) is 10.7. The molecule has 0 saturated carbocycles. The summed E-state index contributed by atoms with van der Waals surface area (Å²) in [6.07, 6.45) is 5.62. The van der Waals surface area contributed by atoms with Crippen molar-refractivity contribution < 1.29 is 4.74 Å². The first kappa shape index (κ1) is 17.7. The first-order valence-corrected chi connectivity index (χ1v) is 9.00. The van der Waals surface area contributed by atoms with E-state index in [0.717, 1.165) is 38.8 Å². The van der Waals surface area contributed by atoms with Crippen LogP contribution in [0, 0.1) is 0 Å². The van der Waals surface area contributed by atoms with Crippen LogP contribution in [0.4, 0.5) is 0 Å². The molecule has 0 radical (unpaired) electrons. The zero-order chi connectivity index (χ0) is 14.8. The Morgan fingerprint density at radius 1 is 1.25 bits per heavy atom. The van der Waals surface area contributed by atoms with Crippen molar-refractivity contribution in [2.75, 3.05) is 13.2 Å². The Labute approximate surface area is 128 Å². The molecule has 0 aromatic carbocycles. The van der Waals surface area contributed by atoms with Gasteiger partial charge in [-0.25, -0.2) is 0 Å². The highest BCUT2D eigenvalue weighted by molar-refractivity contribution is 7.09. The summed E-state index contributed by atoms with van der Waals surface area (Å²) in [5.74, 6) is 0. The molecule has 0 bridgehead atoms. The molecular weight excluding hydrogens is 266 g/mol. The van der Waals surface area contributed by atoms with Crippen LogP contribution in [-0.2, 0) is 11.2 Å². The fourth-order valence-corrected chi connectivity index (χ4v) is 3.67. The van der Waals surface area contributed by atoms with E-state index in [2.05, 4.69) is 50.5 Å². The lowest BCUT2D eigenvalue weighted by molar-refractivity contribution is -0.0735. The van der Waals surface area contributed by atoms with Gasteiger partial charge in [-0.15, -0.1) is 11.3 Å². The van der Waals surface area contributed by atoms with Gasteiger partial charge >= 0.3 is 0 Å². The van der Waals surface area contributed by atoms with E-state index >= 15 is 0 Å². The van der Waals surface area contributed by atoms with Crippen LogP contribution in [0.5, 0.6) is 0 Å². The molecule has 116 valence electrons. The molecule has 2 nitrogen and oxygen atoms in total. The van der Waals surface area contributed by atoms with Gasteiger partial charge in [-0.05, 0) is 57.0 Å². The molecule has 1 rings (SSSR count). The van der Waals surface area contributed by atoms with Gasteiger partial charge in [0.05, 0.1) is 5.60 Å². The van der Waals surface area contributed by atoms with E-state index in [1.807, 2.05) is 11.3 Å². The minimum absolute atomic E-state index is 0.0127. The summed E-state index contributed by atoms with van der Waals surface area (Å²) in [7, 11) is 0. The first-order chi connectivity index (χ1) is 9.72. The number of nitrogens with one attached hydrogen (secondary N) is 1. The van der Waals surface area contributed by atoms with Crippen molar-refractivity contribution in [3.63, 3.8) is 0 Å². The minimum atomic E-state index is -0.0127. The zero-order valence-corrected chi connectivity index (χ0v) is 14.4. The first-order valence-electron chi connectivity index (χ1n) is 8.12. The second-order valence-corrected chi connectivity index (χ2v) is 6.36. The van der Waals surface area contributed by atoms with Gasteiger partial charge in [-0.3, -0.25) is 0 Å². The van der Waals surface area contributed by atoms with Crippen LogP contribution < -0.4 is 5.32 Å². The third kappa shape index (κ3) is 4.87.